The van der Waals surface area contributed by atoms with Crippen molar-refractivity contribution >= 4 is 17.4 Å². The van der Waals surface area contributed by atoms with E-state index in [0.29, 0.717) is 5.69 Å². The van der Waals surface area contributed by atoms with Crippen LogP contribution in [0.15, 0.2) is 71.4 Å². The number of allylic oxidation sites excluding steroid dienone is 2. The summed E-state index contributed by atoms with van der Waals surface area (Å²) >= 11 is 0. The van der Waals surface area contributed by atoms with Crippen molar-refractivity contribution in [3.8, 4) is 5.75 Å². The number of fused-ring (bicyclic) bond motifs is 1. The fourth-order valence-corrected chi connectivity index (χ4v) is 3.58. The Labute approximate surface area is 169 Å². The van der Waals surface area contributed by atoms with Gasteiger partial charge in [-0.2, -0.15) is 0 Å². The molecule has 4 rings (SSSR count). The van der Waals surface area contributed by atoms with E-state index in [9.17, 15) is 9.18 Å². The Hall–Kier alpha value is -3.41. The number of anilines is 1. The van der Waals surface area contributed by atoms with Crippen LogP contribution in [0.2, 0.25) is 0 Å². The molecule has 5 nitrogen and oxygen atoms in total. The minimum Gasteiger partial charge on any atom is -0.494 e. The quantitative estimate of drug-likeness (QED) is 0.836. The smallest absolute Gasteiger partial charge is 0.255 e. The van der Waals surface area contributed by atoms with Crippen molar-refractivity contribution in [2.24, 2.45) is 4.99 Å². The van der Waals surface area contributed by atoms with Gasteiger partial charge in [0.05, 0.1) is 13.7 Å². The Bertz CT molecular complexity index is 1060. The van der Waals surface area contributed by atoms with Gasteiger partial charge in [0.2, 0.25) is 0 Å². The van der Waals surface area contributed by atoms with Crippen LogP contribution in [0.5, 0.6) is 5.75 Å². The summed E-state index contributed by atoms with van der Waals surface area (Å²) in [5, 5.41) is 2.80. The third-order valence-corrected chi connectivity index (χ3v) is 5.17. The third-order valence-electron chi connectivity index (χ3n) is 5.17. The molecule has 2 heterocycles. The molecule has 1 unspecified atom stereocenters. The van der Waals surface area contributed by atoms with Gasteiger partial charge in [0.15, 0.2) is 11.6 Å². The maximum absolute atomic E-state index is 13.8. The van der Waals surface area contributed by atoms with E-state index in [0.717, 1.165) is 24.0 Å². The Kier molecular flexibility index (Phi) is 4.70. The number of amidine groups is 1. The van der Waals surface area contributed by atoms with Gasteiger partial charge in [0, 0.05) is 17.5 Å². The largest absolute Gasteiger partial charge is 0.494 e. The second-order valence-electron chi connectivity index (χ2n) is 7.46. The first-order chi connectivity index (χ1) is 13.9. The lowest BCUT2D eigenvalue weighted by molar-refractivity contribution is 0.102. The minimum atomic E-state index is -0.571. The molecule has 2 aromatic carbocycles. The highest BCUT2D eigenvalue weighted by atomic mass is 19.1. The number of carbonyl (C=O) groups excluding carboxylic acids is 1. The number of ether oxygens (including phenoxy) is 1. The average Bonchev–Trinajstić information content (AvgIpc) is 3.04. The lowest BCUT2D eigenvalue weighted by Crippen LogP contribution is -2.29. The first-order valence-electron chi connectivity index (χ1n) is 9.36. The maximum atomic E-state index is 13.8. The summed E-state index contributed by atoms with van der Waals surface area (Å²) in [6.07, 6.45) is 6.19. The van der Waals surface area contributed by atoms with Gasteiger partial charge in [-0.25, -0.2) is 4.39 Å². The summed E-state index contributed by atoms with van der Waals surface area (Å²) in [5.74, 6) is 0.110. The van der Waals surface area contributed by atoms with Crippen molar-refractivity contribution in [2.45, 2.75) is 19.4 Å². The number of hydrogen-bond acceptors (Lipinski definition) is 4. The van der Waals surface area contributed by atoms with Gasteiger partial charge in [0.25, 0.3) is 5.91 Å². The average molecular weight is 391 g/mol. The van der Waals surface area contributed by atoms with E-state index in [2.05, 4.69) is 36.3 Å². The zero-order valence-corrected chi connectivity index (χ0v) is 16.6. The highest BCUT2D eigenvalue weighted by Crippen LogP contribution is 2.34. The molecule has 0 spiro atoms. The number of halogens is 1. The molecular formula is C23H22FN3O2. The van der Waals surface area contributed by atoms with E-state index in [1.54, 1.807) is 0 Å². The number of rotatable bonds is 4. The number of carbonyl (C=O) groups is 1. The number of hydrogen-bond donors (Lipinski definition) is 1. The summed E-state index contributed by atoms with van der Waals surface area (Å²) in [6.45, 7) is 4.93. The highest BCUT2D eigenvalue weighted by Gasteiger charge is 2.35. The van der Waals surface area contributed by atoms with E-state index < -0.39 is 5.82 Å². The van der Waals surface area contributed by atoms with Crippen LogP contribution in [0.4, 0.5) is 10.1 Å². The number of nitrogens with zero attached hydrogens (tertiary/aromatic N) is 2. The fourth-order valence-electron chi connectivity index (χ4n) is 3.58. The second-order valence-corrected chi connectivity index (χ2v) is 7.46. The van der Waals surface area contributed by atoms with Crippen molar-refractivity contribution in [1.82, 2.24) is 4.90 Å². The predicted molar refractivity (Wildman–Crippen MR) is 112 cm³/mol. The summed E-state index contributed by atoms with van der Waals surface area (Å²) in [6, 6.07) is 11.7. The first kappa shape index (κ1) is 18.9. The van der Waals surface area contributed by atoms with Crippen molar-refractivity contribution < 1.29 is 13.9 Å². The molecule has 1 N–H and O–H groups in total. The molecule has 2 aliphatic rings. The molecule has 2 aromatic rings. The van der Waals surface area contributed by atoms with Crippen LogP contribution in [-0.4, -0.2) is 30.3 Å². The molecule has 0 aromatic heterocycles. The Morgan fingerprint density at radius 2 is 1.97 bits per heavy atom. The van der Waals surface area contributed by atoms with E-state index in [-0.39, 0.29) is 22.8 Å². The normalized spacial score (nSPS) is 20.1. The number of nitrogens with one attached hydrogen (secondary N) is 1. The van der Waals surface area contributed by atoms with Gasteiger partial charge in [-0.05, 0) is 61.4 Å². The molecule has 0 aliphatic carbocycles. The number of amides is 1. The Morgan fingerprint density at radius 1 is 1.21 bits per heavy atom. The van der Waals surface area contributed by atoms with Crippen LogP contribution >= 0.6 is 0 Å². The highest BCUT2D eigenvalue weighted by molar-refractivity contribution is 6.04. The topological polar surface area (TPSA) is 53.9 Å². The number of aliphatic imine (C=N–C) groups is 1. The molecule has 1 atom stereocenters. The summed E-state index contributed by atoms with van der Waals surface area (Å²) < 4.78 is 18.7. The Morgan fingerprint density at radius 3 is 2.66 bits per heavy atom. The second kappa shape index (κ2) is 7.20. The maximum Gasteiger partial charge on any atom is 0.255 e. The molecule has 0 bridgehead atoms. The summed E-state index contributed by atoms with van der Waals surface area (Å²) in [5.41, 5.74) is 2.76. The van der Waals surface area contributed by atoms with Crippen LogP contribution in [0.25, 0.3) is 0 Å². The fraction of sp³-hybridized carbons (Fsp3) is 0.217. The van der Waals surface area contributed by atoms with Crippen molar-refractivity contribution in [3.05, 3.63) is 83.3 Å². The molecule has 0 saturated heterocycles. The standard InChI is InChI=1S/C23H22FN3O2/c1-15-4-11-21-26-23(2,14-27(21)13-15)17-6-8-18(9-7-17)25-22(28)16-5-10-20(29-3)19(24)12-16/h4-13H,14H2,1-3H3,(H,25,28). The van der Waals surface area contributed by atoms with Gasteiger partial charge in [-0.3, -0.25) is 9.79 Å². The van der Waals surface area contributed by atoms with E-state index in [1.165, 1.54) is 24.8 Å². The van der Waals surface area contributed by atoms with Gasteiger partial charge in [-0.15, -0.1) is 0 Å². The number of benzene rings is 2. The van der Waals surface area contributed by atoms with Gasteiger partial charge in [0.1, 0.15) is 11.4 Å². The van der Waals surface area contributed by atoms with Crippen LogP contribution < -0.4 is 10.1 Å². The summed E-state index contributed by atoms with van der Waals surface area (Å²) in [7, 11) is 1.38. The van der Waals surface area contributed by atoms with Crippen LogP contribution in [-0.2, 0) is 5.54 Å². The van der Waals surface area contributed by atoms with Gasteiger partial charge in [-0.1, -0.05) is 18.2 Å². The molecule has 0 fully saturated rings. The minimum absolute atomic E-state index is 0.105. The molecule has 148 valence electrons. The lowest BCUT2D eigenvalue weighted by Gasteiger charge is -2.24. The lowest BCUT2D eigenvalue weighted by atomic mass is 9.93. The zero-order valence-electron chi connectivity index (χ0n) is 16.6. The van der Waals surface area contributed by atoms with Crippen LogP contribution in [0.3, 0.4) is 0 Å². The third kappa shape index (κ3) is 3.66. The van der Waals surface area contributed by atoms with Crippen molar-refractivity contribution in [2.75, 3.05) is 19.0 Å². The summed E-state index contributed by atoms with van der Waals surface area (Å²) in [4.78, 5) is 19.4. The predicted octanol–water partition coefficient (Wildman–Crippen LogP) is 4.49. The van der Waals surface area contributed by atoms with Gasteiger partial charge >= 0.3 is 0 Å². The molecule has 0 radical (unpaired) electrons. The van der Waals surface area contributed by atoms with E-state index >= 15 is 0 Å². The molecular weight excluding hydrogens is 369 g/mol. The van der Waals surface area contributed by atoms with Crippen molar-refractivity contribution in [3.63, 3.8) is 0 Å². The van der Waals surface area contributed by atoms with E-state index in [1.807, 2.05) is 30.3 Å². The van der Waals surface area contributed by atoms with E-state index in [4.69, 9.17) is 9.73 Å². The molecule has 1 amide bonds. The van der Waals surface area contributed by atoms with Crippen LogP contribution in [0, 0.1) is 5.82 Å². The molecule has 6 heteroatoms. The van der Waals surface area contributed by atoms with Crippen molar-refractivity contribution in [1.29, 1.82) is 0 Å². The molecule has 29 heavy (non-hydrogen) atoms. The van der Waals surface area contributed by atoms with Gasteiger partial charge < -0.3 is 15.0 Å². The first-order valence-corrected chi connectivity index (χ1v) is 9.36. The monoisotopic (exact) mass is 391 g/mol. The SMILES string of the molecule is COc1ccc(C(=O)Nc2ccc(C3(C)CN4C=C(C)C=CC4=N3)cc2)cc1F. The Balaban J connectivity index is 1.49. The molecule has 0 saturated carbocycles. The zero-order chi connectivity index (χ0) is 20.6. The van der Waals surface area contributed by atoms with Crippen LogP contribution in [0.1, 0.15) is 29.8 Å². The number of methoxy groups -OCH3 is 1. The molecule has 2 aliphatic heterocycles.